The van der Waals surface area contributed by atoms with Crippen LogP contribution in [0.4, 0.5) is 0 Å². The Morgan fingerprint density at radius 3 is 2.40 bits per heavy atom. The summed E-state index contributed by atoms with van der Waals surface area (Å²) in [7, 11) is 0. The number of amides is 3. The van der Waals surface area contributed by atoms with Gasteiger partial charge in [-0.3, -0.25) is 19.7 Å². The molecule has 1 saturated heterocycles. The fraction of sp³-hybridized carbons (Fsp3) is 0.667. The number of nitrogens with one attached hydrogen (secondary N) is 1. The van der Waals surface area contributed by atoms with Crippen molar-refractivity contribution in [3.05, 3.63) is 0 Å². The summed E-state index contributed by atoms with van der Waals surface area (Å²) in [5.41, 5.74) is 4.61. The maximum Gasteiger partial charge on any atom is 0.230 e. The van der Waals surface area contributed by atoms with Crippen molar-refractivity contribution < 1.29 is 14.4 Å². The molecule has 1 aliphatic heterocycles. The molecule has 0 radical (unpaired) electrons. The van der Waals surface area contributed by atoms with Gasteiger partial charge >= 0.3 is 0 Å². The van der Waals surface area contributed by atoms with Gasteiger partial charge in [-0.2, -0.15) is 0 Å². The third-order valence-corrected chi connectivity index (χ3v) is 3.19. The molecule has 0 aromatic rings. The molecular weight excluding hydrogens is 220 g/mol. The Bertz CT molecular complexity index is 325. The zero-order chi connectivity index (χ0) is 10.3. The smallest absolute Gasteiger partial charge is 0.230 e. The molecule has 1 heterocycles. The largest absolute Gasteiger partial charge is 0.369 e. The molecule has 5 nitrogen and oxygen atoms in total. The van der Waals surface area contributed by atoms with Crippen LogP contribution in [0.5, 0.6) is 0 Å². The van der Waals surface area contributed by atoms with Crippen molar-refractivity contribution in [2.45, 2.75) is 25.7 Å². The van der Waals surface area contributed by atoms with E-state index in [0.717, 1.165) is 0 Å². The van der Waals surface area contributed by atoms with E-state index in [1.54, 1.807) is 0 Å². The standard InChI is InChI=1S/C9H12N2O3.ClH/c10-8(14)9(3-4-9)5-1-2-6(12)11-7(5)13;/h5H,1-4H2,(H2,10,14)(H,11,12,13);1H. The van der Waals surface area contributed by atoms with E-state index in [9.17, 15) is 14.4 Å². The third-order valence-electron chi connectivity index (χ3n) is 3.19. The maximum absolute atomic E-state index is 11.5. The molecule has 15 heavy (non-hydrogen) atoms. The van der Waals surface area contributed by atoms with Gasteiger partial charge in [0.1, 0.15) is 0 Å². The minimum absolute atomic E-state index is 0. The van der Waals surface area contributed by atoms with E-state index < -0.39 is 17.2 Å². The number of hydrogen-bond acceptors (Lipinski definition) is 3. The number of imide groups is 1. The first-order valence-electron chi connectivity index (χ1n) is 4.70. The van der Waals surface area contributed by atoms with Gasteiger partial charge in [0.25, 0.3) is 0 Å². The average molecular weight is 233 g/mol. The summed E-state index contributed by atoms with van der Waals surface area (Å²) in [5, 5.41) is 2.24. The molecular formula is C9H13ClN2O3. The van der Waals surface area contributed by atoms with E-state index in [-0.39, 0.29) is 24.2 Å². The van der Waals surface area contributed by atoms with Crippen molar-refractivity contribution in [3.63, 3.8) is 0 Å². The number of rotatable bonds is 2. The molecule has 2 rings (SSSR count). The molecule has 1 aliphatic carbocycles. The molecule has 84 valence electrons. The highest BCUT2D eigenvalue weighted by molar-refractivity contribution is 6.02. The Kier molecular flexibility index (Phi) is 3.04. The van der Waals surface area contributed by atoms with Crippen LogP contribution < -0.4 is 11.1 Å². The first kappa shape index (κ1) is 12.0. The zero-order valence-electron chi connectivity index (χ0n) is 8.12. The van der Waals surface area contributed by atoms with Gasteiger partial charge in [0, 0.05) is 6.42 Å². The second kappa shape index (κ2) is 3.81. The van der Waals surface area contributed by atoms with E-state index in [0.29, 0.717) is 25.7 Å². The zero-order valence-corrected chi connectivity index (χ0v) is 8.93. The van der Waals surface area contributed by atoms with Crippen LogP contribution in [-0.4, -0.2) is 17.7 Å². The lowest BCUT2D eigenvalue weighted by atomic mass is 9.82. The van der Waals surface area contributed by atoms with Crippen LogP contribution in [0.15, 0.2) is 0 Å². The maximum atomic E-state index is 11.5. The molecule has 0 aromatic carbocycles. The molecule has 1 unspecified atom stereocenters. The van der Waals surface area contributed by atoms with Crippen LogP contribution in [0, 0.1) is 11.3 Å². The van der Waals surface area contributed by atoms with Gasteiger partial charge in [0.2, 0.25) is 17.7 Å². The monoisotopic (exact) mass is 232 g/mol. The normalized spacial score (nSPS) is 27.6. The predicted octanol–water partition coefficient (Wildman–Crippen LogP) is -0.274. The van der Waals surface area contributed by atoms with Crippen molar-refractivity contribution in [1.82, 2.24) is 5.32 Å². The van der Waals surface area contributed by atoms with Gasteiger partial charge < -0.3 is 5.73 Å². The number of carbonyl (C=O) groups is 3. The lowest BCUT2D eigenvalue weighted by molar-refractivity contribution is -0.142. The Labute approximate surface area is 93.2 Å². The van der Waals surface area contributed by atoms with Gasteiger partial charge in [0.15, 0.2) is 0 Å². The third kappa shape index (κ3) is 1.84. The van der Waals surface area contributed by atoms with Crippen LogP contribution in [0.3, 0.4) is 0 Å². The summed E-state index contributed by atoms with van der Waals surface area (Å²) < 4.78 is 0. The molecule has 6 heteroatoms. The summed E-state index contributed by atoms with van der Waals surface area (Å²) >= 11 is 0. The van der Waals surface area contributed by atoms with Gasteiger partial charge in [-0.25, -0.2) is 0 Å². The van der Waals surface area contributed by atoms with Gasteiger partial charge in [-0.15, -0.1) is 12.4 Å². The summed E-state index contributed by atoms with van der Waals surface area (Å²) in [6.07, 6.45) is 2.11. The molecule has 1 saturated carbocycles. The van der Waals surface area contributed by atoms with Gasteiger partial charge in [-0.05, 0) is 19.3 Å². The van der Waals surface area contributed by atoms with Gasteiger partial charge in [-0.1, -0.05) is 0 Å². The Morgan fingerprint density at radius 1 is 1.40 bits per heavy atom. The van der Waals surface area contributed by atoms with Crippen molar-refractivity contribution >= 4 is 30.1 Å². The van der Waals surface area contributed by atoms with E-state index >= 15 is 0 Å². The van der Waals surface area contributed by atoms with Crippen LogP contribution in [0.1, 0.15) is 25.7 Å². The number of halogens is 1. The van der Waals surface area contributed by atoms with Crippen LogP contribution >= 0.6 is 12.4 Å². The van der Waals surface area contributed by atoms with E-state index in [4.69, 9.17) is 5.73 Å². The van der Waals surface area contributed by atoms with Crippen LogP contribution in [-0.2, 0) is 14.4 Å². The number of primary amides is 1. The molecule has 0 bridgehead atoms. The lowest BCUT2D eigenvalue weighted by Gasteiger charge is -2.26. The first-order chi connectivity index (χ1) is 6.56. The highest BCUT2D eigenvalue weighted by atomic mass is 35.5. The van der Waals surface area contributed by atoms with Crippen molar-refractivity contribution in [1.29, 1.82) is 0 Å². The Morgan fingerprint density at radius 2 is 2.00 bits per heavy atom. The van der Waals surface area contributed by atoms with Crippen LogP contribution in [0.2, 0.25) is 0 Å². The Hall–Kier alpha value is -1.10. The summed E-state index contributed by atoms with van der Waals surface area (Å²) in [6.45, 7) is 0. The van der Waals surface area contributed by atoms with Crippen molar-refractivity contribution in [2.75, 3.05) is 0 Å². The number of nitrogens with two attached hydrogens (primary N) is 1. The number of piperidine rings is 1. The topological polar surface area (TPSA) is 89.3 Å². The van der Waals surface area contributed by atoms with E-state index in [1.807, 2.05) is 0 Å². The van der Waals surface area contributed by atoms with Crippen LogP contribution in [0.25, 0.3) is 0 Å². The fourth-order valence-corrected chi connectivity index (χ4v) is 2.12. The highest BCUT2D eigenvalue weighted by Crippen LogP contribution is 2.53. The first-order valence-corrected chi connectivity index (χ1v) is 4.70. The molecule has 3 amide bonds. The minimum Gasteiger partial charge on any atom is -0.369 e. The Balaban J connectivity index is 0.00000112. The quantitative estimate of drug-likeness (QED) is 0.642. The summed E-state index contributed by atoms with van der Waals surface area (Å²) in [6, 6.07) is 0. The fourth-order valence-electron chi connectivity index (χ4n) is 2.12. The highest BCUT2D eigenvalue weighted by Gasteiger charge is 2.57. The molecule has 1 atom stereocenters. The van der Waals surface area contributed by atoms with E-state index in [2.05, 4.69) is 5.32 Å². The number of carbonyl (C=O) groups excluding carboxylic acids is 3. The summed E-state index contributed by atoms with van der Waals surface area (Å²) in [5.74, 6) is -1.39. The SMILES string of the molecule is Cl.NC(=O)C1(C2CCC(=O)NC2=O)CC1. The molecule has 0 spiro atoms. The minimum atomic E-state index is -0.648. The molecule has 3 N–H and O–H groups in total. The second-order valence-corrected chi connectivity index (χ2v) is 4.02. The second-order valence-electron chi connectivity index (χ2n) is 4.02. The lowest BCUT2D eigenvalue weighted by Crippen LogP contribution is -2.47. The molecule has 2 fully saturated rings. The molecule has 0 aromatic heterocycles. The van der Waals surface area contributed by atoms with Crippen molar-refractivity contribution in [3.8, 4) is 0 Å². The van der Waals surface area contributed by atoms with Crippen molar-refractivity contribution in [2.24, 2.45) is 17.1 Å². The predicted molar refractivity (Wildman–Crippen MR) is 54.0 cm³/mol. The summed E-state index contributed by atoms with van der Waals surface area (Å²) in [4.78, 5) is 33.5. The molecule has 2 aliphatic rings. The van der Waals surface area contributed by atoms with E-state index in [1.165, 1.54) is 0 Å². The average Bonchev–Trinajstić information content (AvgIpc) is 2.84. The number of hydrogen-bond donors (Lipinski definition) is 2. The van der Waals surface area contributed by atoms with Gasteiger partial charge in [0.05, 0.1) is 11.3 Å².